The van der Waals surface area contributed by atoms with Crippen LogP contribution >= 0.6 is 23.2 Å². The average Bonchev–Trinajstić information content (AvgIpc) is 3.27. The van der Waals surface area contributed by atoms with Gasteiger partial charge in [0, 0.05) is 46.7 Å². The van der Waals surface area contributed by atoms with Crippen LogP contribution in [0.1, 0.15) is 46.1 Å². The Balaban J connectivity index is 1.78. The predicted octanol–water partition coefficient (Wildman–Crippen LogP) is 4.60. The molecule has 38 heavy (non-hydrogen) atoms. The normalized spacial score (nSPS) is 13.7. The fraction of sp³-hybridized carbons (Fsp3) is 0.462. The fourth-order valence-electron chi connectivity index (χ4n) is 3.95. The van der Waals surface area contributed by atoms with Crippen molar-refractivity contribution in [1.82, 2.24) is 10.2 Å². The van der Waals surface area contributed by atoms with E-state index in [4.69, 9.17) is 32.7 Å². The minimum absolute atomic E-state index is 0.00815. The lowest BCUT2D eigenvalue weighted by Gasteiger charge is -2.32. The molecular weight excluding hydrogens is 553 g/mol. The van der Waals surface area contributed by atoms with Gasteiger partial charge in [0.2, 0.25) is 28.6 Å². The molecule has 3 rings (SSSR count). The van der Waals surface area contributed by atoms with Crippen LogP contribution in [0.4, 0.5) is 5.69 Å². The third-order valence-electron chi connectivity index (χ3n) is 5.85. The Bertz CT molecular complexity index is 1280. The molecule has 2 amide bonds. The van der Waals surface area contributed by atoms with E-state index >= 15 is 0 Å². The van der Waals surface area contributed by atoms with Gasteiger partial charge in [-0.25, -0.2) is 8.42 Å². The van der Waals surface area contributed by atoms with E-state index in [1.165, 1.54) is 9.21 Å². The van der Waals surface area contributed by atoms with Crippen LogP contribution in [0.5, 0.6) is 11.5 Å². The van der Waals surface area contributed by atoms with Gasteiger partial charge in [-0.2, -0.15) is 0 Å². The molecule has 1 N–H and O–H groups in total. The molecule has 1 atom stereocenters. The van der Waals surface area contributed by atoms with E-state index in [-0.39, 0.29) is 44.5 Å². The number of carbonyl (C=O) groups is 2. The van der Waals surface area contributed by atoms with Crippen LogP contribution < -0.4 is 19.1 Å². The van der Waals surface area contributed by atoms with Gasteiger partial charge in [-0.1, -0.05) is 29.3 Å². The summed E-state index contributed by atoms with van der Waals surface area (Å²) < 4.78 is 37.0. The van der Waals surface area contributed by atoms with Crippen LogP contribution in [0.2, 0.25) is 10.0 Å². The number of anilines is 1. The van der Waals surface area contributed by atoms with Crippen molar-refractivity contribution in [3.8, 4) is 11.5 Å². The van der Waals surface area contributed by atoms with E-state index in [1.54, 1.807) is 43.3 Å². The third-order valence-corrected chi connectivity index (χ3v) is 7.75. The number of carbonyl (C=O) groups excluding carboxylic acids is 2. The molecule has 0 bridgehead atoms. The van der Waals surface area contributed by atoms with E-state index in [1.807, 2.05) is 20.8 Å². The van der Waals surface area contributed by atoms with Gasteiger partial charge in [-0.3, -0.25) is 13.9 Å². The van der Waals surface area contributed by atoms with Gasteiger partial charge < -0.3 is 19.7 Å². The first-order chi connectivity index (χ1) is 17.7. The van der Waals surface area contributed by atoms with Crippen molar-refractivity contribution in [3.05, 3.63) is 52.0 Å². The molecule has 9 nitrogen and oxygen atoms in total. The second kappa shape index (κ2) is 12.0. The van der Waals surface area contributed by atoms with E-state index in [0.29, 0.717) is 32.8 Å². The summed E-state index contributed by atoms with van der Waals surface area (Å²) >= 11 is 12.7. The number of hydrogen-bond acceptors (Lipinski definition) is 6. The van der Waals surface area contributed by atoms with Crippen LogP contribution in [0, 0.1) is 0 Å². The molecule has 0 radical (unpaired) electrons. The predicted molar refractivity (Wildman–Crippen MR) is 148 cm³/mol. The molecule has 0 aromatic heterocycles. The van der Waals surface area contributed by atoms with Gasteiger partial charge in [0.15, 0.2) is 11.5 Å². The van der Waals surface area contributed by atoms with Crippen LogP contribution in [0.25, 0.3) is 0 Å². The number of halogens is 2. The lowest BCUT2D eigenvalue weighted by atomic mass is 10.1. The van der Waals surface area contributed by atoms with Crippen molar-refractivity contribution in [1.29, 1.82) is 0 Å². The molecule has 0 saturated carbocycles. The lowest BCUT2D eigenvalue weighted by molar-refractivity contribution is -0.141. The van der Waals surface area contributed by atoms with Gasteiger partial charge >= 0.3 is 0 Å². The zero-order chi connectivity index (χ0) is 28.3. The highest BCUT2D eigenvalue weighted by atomic mass is 35.5. The highest BCUT2D eigenvalue weighted by Crippen LogP contribution is 2.36. The van der Waals surface area contributed by atoms with Gasteiger partial charge in [0.25, 0.3) is 0 Å². The third kappa shape index (κ3) is 7.68. The number of amides is 2. The maximum Gasteiger partial charge on any atom is 0.242 e. The second-order valence-electron chi connectivity index (χ2n) is 10.1. The van der Waals surface area contributed by atoms with Crippen LogP contribution in [-0.4, -0.2) is 56.3 Å². The van der Waals surface area contributed by atoms with Crippen molar-refractivity contribution in [2.75, 3.05) is 23.9 Å². The summed E-state index contributed by atoms with van der Waals surface area (Å²) in [4.78, 5) is 27.8. The van der Waals surface area contributed by atoms with E-state index in [0.717, 1.165) is 6.26 Å². The zero-order valence-corrected chi connectivity index (χ0v) is 24.4. The minimum atomic E-state index is -3.65. The molecule has 0 fully saturated rings. The maximum atomic E-state index is 13.5. The van der Waals surface area contributed by atoms with Crippen molar-refractivity contribution in [3.63, 3.8) is 0 Å². The van der Waals surface area contributed by atoms with Gasteiger partial charge in [0.1, 0.15) is 6.04 Å². The molecule has 0 aliphatic carbocycles. The smallest absolute Gasteiger partial charge is 0.242 e. The molecular formula is C26H33Cl2N3O6S. The van der Waals surface area contributed by atoms with E-state index in [9.17, 15) is 18.0 Å². The summed E-state index contributed by atoms with van der Waals surface area (Å²) in [5.74, 6) is 0.325. The Morgan fingerprint density at radius 3 is 2.32 bits per heavy atom. The summed E-state index contributed by atoms with van der Waals surface area (Å²) in [6, 6.07) is 9.07. The Hall–Kier alpha value is -2.69. The maximum absolute atomic E-state index is 13.5. The number of hydrogen-bond donors (Lipinski definition) is 1. The summed E-state index contributed by atoms with van der Waals surface area (Å²) in [5, 5.41) is 3.66. The quantitative estimate of drug-likeness (QED) is 0.437. The Kier molecular flexibility index (Phi) is 9.43. The molecule has 208 valence electrons. The first kappa shape index (κ1) is 29.9. The van der Waals surface area contributed by atoms with E-state index < -0.39 is 21.6 Å². The molecule has 1 heterocycles. The molecule has 0 unspecified atom stereocenters. The molecule has 2 aromatic carbocycles. The summed E-state index contributed by atoms with van der Waals surface area (Å²) in [5.41, 5.74) is 0.433. The first-order valence-electron chi connectivity index (χ1n) is 12.1. The van der Waals surface area contributed by atoms with Crippen LogP contribution in [-0.2, 0) is 26.2 Å². The van der Waals surface area contributed by atoms with Crippen molar-refractivity contribution in [2.45, 2.75) is 58.7 Å². The minimum Gasteiger partial charge on any atom is -0.454 e. The zero-order valence-electron chi connectivity index (χ0n) is 22.1. The lowest BCUT2D eigenvalue weighted by Crippen LogP contribution is -2.52. The van der Waals surface area contributed by atoms with Gasteiger partial charge in [0.05, 0.1) is 11.9 Å². The molecule has 12 heteroatoms. The van der Waals surface area contributed by atoms with Crippen LogP contribution in [0.3, 0.4) is 0 Å². The molecule has 0 saturated heterocycles. The number of nitrogens with zero attached hydrogens (tertiary/aromatic N) is 2. The standard InChI is InChI=1S/C26H33Cl2N3O6S/c1-17(25(33)29-26(2,3)4)30(15-19-20(27)8-6-9-21(19)28)24(32)10-7-13-31(38(5,34)35)18-11-12-22-23(14-18)37-16-36-22/h6,8-9,11-12,14,17H,7,10,13,15-16H2,1-5H3,(H,29,33)/t17-/m1/s1. The fourth-order valence-corrected chi connectivity index (χ4v) is 5.43. The average molecular weight is 587 g/mol. The second-order valence-corrected chi connectivity index (χ2v) is 12.8. The first-order valence-corrected chi connectivity index (χ1v) is 14.7. The van der Waals surface area contributed by atoms with Crippen LogP contribution in [0.15, 0.2) is 36.4 Å². The molecule has 1 aliphatic rings. The summed E-state index contributed by atoms with van der Waals surface area (Å²) in [6.45, 7) is 7.33. The summed E-state index contributed by atoms with van der Waals surface area (Å²) in [7, 11) is -3.65. The van der Waals surface area contributed by atoms with Gasteiger partial charge in [-0.15, -0.1) is 0 Å². The topological polar surface area (TPSA) is 105 Å². The molecule has 1 aliphatic heterocycles. The Labute approximate surface area is 234 Å². The number of rotatable bonds is 10. The van der Waals surface area contributed by atoms with Crippen molar-refractivity contribution >= 4 is 50.7 Å². The number of sulfonamides is 1. The molecule has 0 spiro atoms. The molecule has 2 aromatic rings. The monoisotopic (exact) mass is 585 g/mol. The number of ether oxygens (including phenoxy) is 2. The van der Waals surface area contributed by atoms with Crippen molar-refractivity contribution in [2.24, 2.45) is 0 Å². The van der Waals surface area contributed by atoms with Crippen molar-refractivity contribution < 1.29 is 27.5 Å². The Morgan fingerprint density at radius 2 is 1.71 bits per heavy atom. The van der Waals surface area contributed by atoms with E-state index in [2.05, 4.69) is 5.32 Å². The van der Waals surface area contributed by atoms with Gasteiger partial charge in [-0.05, 0) is 58.4 Å². The number of fused-ring (bicyclic) bond motifs is 1. The number of benzene rings is 2. The largest absolute Gasteiger partial charge is 0.454 e. The highest BCUT2D eigenvalue weighted by molar-refractivity contribution is 7.92. The Morgan fingerprint density at radius 1 is 1.08 bits per heavy atom. The SMILES string of the molecule is C[C@H](C(=O)NC(C)(C)C)N(Cc1c(Cl)cccc1Cl)C(=O)CCCN(c1ccc2c(c1)OCO2)S(C)(=O)=O. The highest BCUT2D eigenvalue weighted by Gasteiger charge is 2.30. The summed E-state index contributed by atoms with van der Waals surface area (Å²) in [6.07, 6.45) is 1.30. The number of nitrogens with one attached hydrogen (secondary N) is 1.